The van der Waals surface area contributed by atoms with Gasteiger partial charge in [0.1, 0.15) is 0 Å². The second kappa shape index (κ2) is 9.99. The smallest absolute Gasteiger partial charge is 0.288 e. The van der Waals surface area contributed by atoms with Gasteiger partial charge in [-0.15, -0.1) is 0 Å². The quantitative estimate of drug-likeness (QED) is 0.451. The summed E-state index contributed by atoms with van der Waals surface area (Å²) in [4.78, 5) is 12.9. The zero-order valence-electron chi connectivity index (χ0n) is 15.6. The van der Waals surface area contributed by atoms with E-state index >= 15 is 0 Å². The second-order valence-corrected chi connectivity index (χ2v) is 8.79. The van der Waals surface area contributed by atoms with Crippen molar-refractivity contribution in [2.75, 3.05) is 25.0 Å². The molecule has 1 N–H and O–H groups in total. The van der Waals surface area contributed by atoms with E-state index in [4.69, 9.17) is 0 Å². The minimum absolute atomic E-state index is 0.00345. The van der Waals surface area contributed by atoms with Crippen molar-refractivity contribution in [1.29, 1.82) is 0 Å². The zero-order valence-corrected chi connectivity index (χ0v) is 17.2. The number of halogens is 2. The highest BCUT2D eigenvalue weighted by molar-refractivity contribution is 7.99. The molecule has 152 valence electrons. The predicted molar refractivity (Wildman–Crippen MR) is 108 cm³/mol. The molecule has 0 aliphatic rings. The molecule has 0 heterocycles. The molecule has 0 saturated carbocycles. The van der Waals surface area contributed by atoms with Crippen molar-refractivity contribution in [3.8, 4) is 0 Å². The van der Waals surface area contributed by atoms with Gasteiger partial charge in [-0.1, -0.05) is 25.6 Å². The van der Waals surface area contributed by atoms with Crippen molar-refractivity contribution in [1.82, 2.24) is 4.31 Å². The largest absolute Gasteiger partial charge is 0.378 e. The highest BCUT2D eigenvalue weighted by atomic mass is 32.2. The summed E-state index contributed by atoms with van der Waals surface area (Å²) in [6, 6.07) is 12.2. The fourth-order valence-corrected chi connectivity index (χ4v) is 4.52. The Kier molecular flexibility index (Phi) is 7.97. The van der Waals surface area contributed by atoms with Crippen molar-refractivity contribution in [2.24, 2.45) is 0 Å². The van der Waals surface area contributed by atoms with Gasteiger partial charge >= 0.3 is 0 Å². The van der Waals surface area contributed by atoms with Crippen LogP contribution in [0.1, 0.15) is 24.2 Å². The van der Waals surface area contributed by atoms with Gasteiger partial charge in [0, 0.05) is 29.2 Å². The zero-order chi connectivity index (χ0) is 20.7. The van der Waals surface area contributed by atoms with Crippen LogP contribution in [0.2, 0.25) is 0 Å². The number of nitrogens with one attached hydrogen (secondary N) is 1. The van der Waals surface area contributed by atoms with Crippen molar-refractivity contribution < 1.29 is 22.0 Å². The summed E-state index contributed by atoms with van der Waals surface area (Å²) >= 11 is 0.456. The minimum Gasteiger partial charge on any atom is -0.378 e. The van der Waals surface area contributed by atoms with Crippen LogP contribution in [0.25, 0.3) is 0 Å². The number of Topliss-reactive ketones (excluding diaryl/α,β-unsaturated/α-hetero) is 1. The van der Waals surface area contributed by atoms with Crippen LogP contribution in [0.5, 0.6) is 0 Å². The van der Waals surface area contributed by atoms with E-state index in [2.05, 4.69) is 5.32 Å². The molecule has 0 aliphatic heterocycles. The Morgan fingerprint density at radius 3 is 2.11 bits per heavy atom. The topological polar surface area (TPSA) is 66.5 Å². The highest BCUT2D eigenvalue weighted by Crippen LogP contribution is 2.26. The van der Waals surface area contributed by atoms with E-state index in [1.54, 1.807) is 38.1 Å². The number of carbonyl (C=O) groups excluding carboxylic acids is 1. The van der Waals surface area contributed by atoms with E-state index in [0.717, 1.165) is 0 Å². The fourth-order valence-electron chi connectivity index (χ4n) is 2.56. The standard InChI is InChI=1S/C19H22F2N2O3S2/c1-3-23(4-2)28(25,26)17-11-5-14(6-12-17)18(24)13-22-15-7-9-16(10-8-15)27-19(20)21/h5-12,19,22H,3-4,13H2,1-2H3. The molecule has 0 fully saturated rings. The summed E-state index contributed by atoms with van der Waals surface area (Å²) in [5.41, 5.74) is 1.02. The normalized spacial score (nSPS) is 11.8. The lowest BCUT2D eigenvalue weighted by molar-refractivity contribution is 0.101. The lowest BCUT2D eigenvalue weighted by Crippen LogP contribution is -2.30. The molecule has 9 heteroatoms. The van der Waals surface area contributed by atoms with Crippen LogP contribution in [-0.2, 0) is 10.0 Å². The lowest BCUT2D eigenvalue weighted by atomic mass is 10.1. The van der Waals surface area contributed by atoms with Crippen molar-refractivity contribution >= 4 is 33.3 Å². The van der Waals surface area contributed by atoms with E-state index in [9.17, 15) is 22.0 Å². The summed E-state index contributed by atoms with van der Waals surface area (Å²) < 4.78 is 50.9. The number of hydrogen-bond acceptors (Lipinski definition) is 5. The van der Waals surface area contributed by atoms with Crippen LogP contribution in [-0.4, -0.2) is 43.9 Å². The van der Waals surface area contributed by atoms with E-state index in [1.165, 1.54) is 28.6 Å². The Morgan fingerprint density at radius 2 is 1.61 bits per heavy atom. The van der Waals surface area contributed by atoms with Crippen molar-refractivity contribution in [3.05, 3.63) is 54.1 Å². The first kappa shape index (κ1) is 22.3. The summed E-state index contributed by atoms with van der Waals surface area (Å²) in [7, 11) is -3.56. The number of anilines is 1. The third kappa shape index (κ3) is 5.76. The summed E-state index contributed by atoms with van der Waals surface area (Å²) in [6.45, 7) is 4.28. The first-order valence-corrected chi connectivity index (χ1v) is 11.0. The van der Waals surface area contributed by atoms with Gasteiger partial charge in [0.05, 0.1) is 11.4 Å². The van der Waals surface area contributed by atoms with Crippen LogP contribution >= 0.6 is 11.8 Å². The van der Waals surface area contributed by atoms with Crippen molar-refractivity contribution in [2.45, 2.75) is 29.4 Å². The maximum atomic E-state index is 12.5. The van der Waals surface area contributed by atoms with Crippen LogP contribution in [0.4, 0.5) is 14.5 Å². The van der Waals surface area contributed by atoms with Gasteiger partial charge in [0.15, 0.2) is 5.78 Å². The molecule has 0 atom stereocenters. The fraction of sp³-hybridized carbons (Fsp3) is 0.316. The molecule has 2 rings (SSSR count). The van der Waals surface area contributed by atoms with E-state index in [0.29, 0.717) is 41.0 Å². The highest BCUT2D eigenvalue weighted by Gasteiger charge is 2.21. The van der Waals surface area contributed by atoms with Gasteiger partial charge in [-0.2, -0.15) is 13.1 Å². The Labute approximate surface area is 168 Å². The molecule has 0 saturated heterocycles. The average Bonchev–Trinajstić information content (AvgIpc) is 2.67. The molecule has 0 spiro atoms. The third-order valence-corrected chi connectivity index (χ3v) is 6.84. The Hall–Kier alpha value is -1.97. The SMILES string of the molecule is CCN(CC)S(=O)(=O)c1ccc(C(=O)CNc2ccc(SC(F)F)cc2)cc1. The molecule has 0 bridgehead atoms. The number of sulfonamides is 1. The molecule has 5 nitrogen and oxygen atoms in total. The first-order valence-electron chi connectivity index (χ1n) is 8.70. The number of hydrogen-bond donors (Lipinski definition) is 1. The summed E-state index contributed by atoms with van der Waals surface area (Å²) in [5, 5.41) is 2.93. The maximum Gasteiger partial charge on any atom is 0.288 e. The van der Waals surface area contributed by atoms with Gasteiger partial charge in [-0.3, -0.25) is 4.79 Å². The van der Waals surface area contributed by atoms with Crippen LogP contribution in [0.3, 0.4) is 0 Å². The molecular weight excluding hydrogens is 406 g/mol. The monoisotopic (exact) mass is 428 g/mol. The summed E-state index contributed by atoms with van der Waals surface area (Å²) in [5.74, 6) is -2.69. The predicted octanol–water partition coefficient (Wildman–Crippen LogP) is 4.33. The van der Waals surface area contributed by atoms with E-state index < -0.39 is 15.8 Å². The number of carbonyl (C=O) groups is 1. The molecule has 2 aromatic rings. The minimum atomic E-state index is -3.56. The van der Waals surface area contributed by atoms with E-state index in [1.807, 2.05) is 0 Å². The number of nitrogens with zero attached hydrogens (tertiary/aromatic N) is 1. The molecular formula is C19H22F2N2O3S2. The van der Waals surface area contributed by atoms with Gasteiger partial charge < -0.3 is 5.32 Å². The first-order chi connectivity index (χ1) is 13.3. The number of rotatable bonds is 10. The van der Waals surface area contributed by atoms with Crippen molar-refractivity contribution in [3.63, 3.8) is 0 Å². The molecule has 0 radical (unpaired) electrons. The van der Waals surface area contributed by atoms with Crippen LogP contribution in [0, 0.1) is 0 Å². The average molecular weight is 429 g/mol. The number of alkyl halides is 2. The molecule has 0 amide bonds. The lowest BCUT2D eigenvalue weighted by Gasteiger charge is -2.18. The van der Waals surface area contributed by atoms with Gasteiger partial charge in [0.2, 0.25) is 10.0 Å². The Morgan fingerprint density at radius 1 is 1.04 bits per heavy atom. The molecule has 28 heavy (non-hydrogen) atoms. The molecule has 2 aromatic carbocycles. The number of thioether (sulfide) groups is 1. The second-order valence-electron chi connectivity index (χ2n) is 5.79. The molecule has 0 unspecified atom stereocenters. The maximum absolute atomic E-state index is 12.5. The van der Waals surface area contributed by atoms with Gasteiger partial charge in [-0.05, 0) is 48.5 Å². The molecule has 0 aromatic heterocycles. The number of benzene rings is 2. The van der Waals surface area contributed by atoms with Gasteiger partial charge in [0.25, 0.3) is 5.76 Å². The number of ketones is 1. The summed E-state index contributed by atoms with van der Waals surface area (Å²) in [6.07, 6.45) is 0. The Bertz CT molecular complexity index is 882. The Balaban J connectivity index is 1.99. The third-order valence-electron chi connectivity index (χ3n) is 4.05. The van der Waals surface area contributed by atoms with E-state index in [-0.39, 0.29) is 17.2 Å². The van der Waals surface area contributed by atoms with Crippen LogP contribution < -0.4 is 5.32 Å². The van der Waals surface area contributed by atoms with Crippen LogP contribution in [0.15, 0.2) is 58.3 Å². The molecule has 0 aliphatic carbocycles. The van der Waals surface area contributed by atoms with Gasteiger partial charge in [-0.25, -0.2) is 8.42 Å².